The van der Waals surface area contributed by atoms with Crippen LogP contribution in [0.2, 0.25) is 0 Å². The van der Waals surface area contributed by atoms with Gasteiger partial charge in [-0.1, -0.05) is 48.5 Å². The third-order valence-electron chi connectivity index (χ3n) is 4.58. The smallest absolute Gasteiger partial charge is 0.339 e. The summed E-state index contributed by atoms with van der Waals surface area (Å²) in [5.41, 5.74) is 0.796. The fourth-order valence-corrected chi connectivity index (χ4v) is 3.24. The zero-order valence-electron chi connectivity index (χ0n) is 15.2. The molecule has 144 valence electrons. The van der Waals surface area contributed by atoms with E-state index in [1.54, 1.807) is 30.3 Å². The summed E-state index contributed by atoms with van der Waals surface area (Å²) in [4.78, 5) is 38.2. The van der Waals surface area contributed by atoms with Crippen molar-refractivity contribution < 1.29 is 28.2 Å². The Hall–Kier alpha value is -3.80. The predicted octanol–water partition coefficient (Wildman–Crippen LogP) is 3.84. The Morgan fingerprint density at radius 2 is 1.41 bits per heavy atom. The Morgan fingerprint density at radius 1 is 0.759 bits per heavy atom. The largest absolute Gasteiger partial charge is 0.487 e. The number of ketones is 2. The molecule has 1 aliphatic rings. The summed E-state index contributed by atoms with van der Waals surface area (Å²) in [6.07, 6.45) is 0. The number of hydrogen-bond acceptors (Lipinski definition) is 5. The first-order valence-corrected chi connectivity index (χ1v) is 8.94. The van der Waals surface area contributed by atoms with Crippen LogP contribution in [-0.2, 0) is 4.74 Å². The Morgan fingerprint density at radius 3 is 2.17 bits per heavy atom. The number of hydrogen-bond donors (Lipinski definition) is 0. The molecule has 4 rings (SSSR count). The van der Waals surface area contributed by atoms with Crippen LogP contribution in [-0.4, -0.2) is 30.7 Å². The number of fused-ring (bicyclic) bond motifs is 2. The number of rotatable bonds is 5. The molecule has 29 heavy (non-hydrogen) atoms. The fraction of sp³-hybridized carbons (Fsp3) is 0.0870. The molecule has 0 amide bonds. The summed E-state index contributed by atoms with van der Waals surface area (Å²) in [6, 6.07) is 16.9. The minimum Gasteiger partial charge on any atom is -0.487 e. The normalized spacial score (nSPS) is 12.2. The van der Waals surface area contributed by atoms with Crippen LogP contribution in [0.25, 0.3) is 0 Å². The van der Waals surface area contributed by atoms with Crippen LogP contribution in [0.5, 0.6) is 5.75 Å². The molecule has 3 aromatic carbocycles. The maximum atomic E-state index is 13.5. The zero-order chi connectivity index (χ0) is 20.4. The summed E-state index contributed by atoms with van der Waals surface area (Å²) >= 11 is 0. The molecule has 0 spiro atoms. The van der Waals surface area contributed by atoms with E-state index < -0.39 is 17.6 Å². The van der Waals surface area contributed by atoms with Crippen molar-refractivity contribution in [2.24, 2.45) is 0 Å². The van der Waals surface area contributed by atoms with Gasteiger partial charge in [0.05, 0.1) is 5.56 Å². The summed E-state index contributed by atoms with van der Waals surface area (Å²) < 4.78 is 24.0. The van der Waals surface area contributed by atoms with Crippen LogP contribution in [0.3, 0.4) is 0 Å². The van der Waals surface area contributed by atoms with E-state index in [-0.39, 0.29) is 47.0 Å². The molecule has 0 bridgehead atoms. The number of carbonyl (C=O) groups is 3. The first-order chi connectivity index (χ1) is 14.1. The molecule has 0 saturated heterocycles. The number of ether oxygens (including phenoxy) is 2. The van der Waals surface area contributed by atoms with Gasteiger partial charge >= 0.3 is 5.97 Å². The lowest BCUT2D eigenvalue weighted by Crippen LogP contribution is -2.24. The molecule has 0 unspecified atom stereocenters. The van der Waals surface area contributed by atoms with E-state index in [0.717, 1.165) is 0 Å². The van der Waals surface area contributed by atoms with E-state index in [0.29, 0.717) is 5.56 Å². The van der Waals surface area contributed by atoms with Gasteiger partial charge in [-0.2, -0.15) is 0 Å². The van der Waals surface area contributed by atoms with Crippen molar-refractivity contribution in [3.8, 4) is 5.75 Å². The summed E-state index contributed by atoms with van der Waals surface area (Å²) in [5, 5.41) is 0. The highest BCUT2D eigenvalue weighted by molar-refractivity contribution is 6.30. The lowest BCUT2D eigenvalue weighted by atomic mass is 9.82. The highest BCUT2D eigenvalue weighted by atomic mass is 19.1. The van der Waals surface area contributed by atoms with Gasteiger partial charge in [0.2, 0.25) is 0 Å². The van der Waals surface area contributed by atoms with Gasteiger partial charge in [0, 0.05) is 22.3 Å². The van der Waals surface area contributed by atoms with E-state index in [9.17, 15) is 18.8 Å². The standard InChI is InChI=1S/C23H15FO5/c24-18-10-3-4-11-19(18)28-12-13-29-23(27)17-9-5-8-16-20(17)22(26)15-7-2-1-6-14(15)21(16)25/h1-11H,12-13H2. The minimum atomic E-state index is -0.750. The molecule has 0 aliphatic heterocycles. The van der Waals surface area contributed by atoms with E-state index >= 15 is 0 Å². The first kappa shape index (κ1) is 18.6. The summed E-state index contributed by atoms with van der Waals surface area (Å²) in [6.45, 7) is -0.201. The molecule has 0 saturated carbocycles. The van der Waals surface area contributed by atoms with Crippen molar-refractivity contribution in [1.82, 2.24) is 0 Å². The van der Waals surface area contributed by atoms with Crippen molar-refractivity contribution in [1.29, 1.82) is 0 Å². The van der Waals surface area contributed by atoms with Gasteiger partial charge < -0.3 is 9.47 Å². The van der Waals surface area contributed by atoms with Gasteiger partial charge in [-0.3, -0.25) is 9.59 Å². The first-order valence-electron chi connectivity index (χ1n) is 8.94. The molecule has 0 aromatic heterocycles. The topological polar surface area (TPSA) is 69.7 Å². The highest BCUT2D eigenvalue weighted by Gasteiger charge is 2.33. The molecular weight excluding hydrogens is 375 g/mol. The maximum absolute atomic E-state index is 13.5. The van der Waals surface area contributed by atoms with Gasteiger partial charge in [-0.25, -0.2) is 9.18 Å². The average Bonchev–Trinajstić information content (AvgIpc) is 2.75. The Bertz CT molecular complexity index is 1140. The average molecular weight is 390 g/mol. The molecular formula is C23H15FO5. The molecule has 0 N–H and O–H groups in total. The molecule has 5 nitrogen and oxygen atoms in total. The fourth-order valence-electron chi connectivity index (χ4n) is 3.24. The minimum absolute atomic E-state index is 0.0150. The van der Waals surface area contributed by atoms with Crippen molar-refractivity contribution in [3.05, 3.63) is 100 Å². The molecule has 0 atom stereocenters. The van der Waals surface area contributed by atoms with Gasteiger partial charge in [-0.05, 0) is 18.2 Å². The van der Waals surface area contributed by atoms with Crippen molar-refractivity contribution >= 4 is 17.5 Å². The quantitative estimate of drug-likeness (QED) is 0.383. The predicted molar refractivity (Wildman–Crippen MR) is 102 cm³/mol. The monoisotopic (exact) mass is 390 g/mol. The molecule has 6 heteroatoms. The third-order valence-corrected chi connectivity index (χ3v) is 4.58. The third kappa shape index (κ3) is 3.40. The highest BCUT2D eigenvalue weighted by Crippen LogP contribution is 2.29. The molecule has 0 heterocycles. The summed E-state index contributed by atoms with van der Waals surface area (Å²) in [5.74, 6) is -1.92. The van der Waals surface area contributed by atoms with E-state index in [2.05, 4.69) is 0 Å². The maximum Gasteiger partial charge on any atom is 0.339 e. The molecule has 0 radical (unpaired) electrons. The van der Waals surface area contributed by atoms with Crippen molar-refractivity contribution in [2.75, 3.05) is 13.2 Å². The molecule has 0 fully saturated rings. The van der Waals surface area contributed by atoms with Crippen molar-refractivity contribution in [2.45, 2.75) is 0 Å². The van der Waals surface area contributed by atoms with Crippen LogP contribution in [0.1, 0.15) is 42.2 Å². The second-order valence-electron chi connectivity index (χ2n) is 6.35. The van der Waals surface area contributed by atoms with E-state index in [4.69, 9.17) is 9.47 Å². The summed E-state index contributed by atoms with van der Waals surface area (Å²) in [7, 11) is 0. The number of carbonyl (C=O) groups excluding carboxylic acids is 3. The van der Waals surface area contributed by atoms with Crippen molar-refractivity contribution in [3.63, 3.8) is 0 Å². The number of benzene rings is 3. The Balaban J connectivity index is 1.51. The Kier molecular flexibility index (Phi) is 4.91. The van der Waals surface area contributed by atoms with Crippen LogP contribution in [0.4, 0.5) is 4.39 Å². The van der Waals surface area contributed by atoms with Gasteiger partial charge in [-0.15, -0.1) is 0 Å². The van der Waals surface area contributed by atoms with E-state index in [1.807, 2.05) is 0 Å². The number of halogens is 1. The number of esters is 1. The molecule has 3 aromatic rings. The van der Waals surface area contributed by atoms with Gasteiger partial charge in [0.15, 0.2) is 23.1 Å². The second kappa shape index (κ2) is 7.67. The van der Waals surface area contributed by atoms with Gasteiger partial charge in [0.1, 0.15) is 13.2 Å². The second-order valence-corrected chi connectivity index (χ2v) is 6.35. The molecule has 1 aliphatic carbocycles. The van der Waals surface area contributed by atoms with Crippen LogP contribution >= 0.6 is 0 Å². The Labute approximate surface area is 165 Å². The lowest BCUT2D eigenvalue weighted by molar-refractivity contribution is 0.0446. The van der Waals surface area contributed by atoms with E-state index in [1.165, 1.54) is 36.4 Å². The van der Waals surface area contributed by atoms with Crippen LogP contribution < -0.4 is 4.74 Å². The van der Waals surface area contributed by atoms with Crippen LogP contribution in [0.15, 0.2) is 66.7 Å². The number of para-hydroxylation sites is 1. The van der Waals surface area contributed by atoms with Gasteiger partial charge in [0.25, 0.3) is 0 Å². The SMILES string of the molecule is O=C(OCCOc1ccccc1F)c1cccc2c1C(=O)c1ccccc1C2=O. The lowest BCUT2D eigenvalue weighted by Gasteiger charge is -2.19. The van der Waals surface area contributed by atoms with Crippen LogP contribution in [0, 0.1) is 5.82 Å². The zero-order valence-corrected chi connectivity index (χ0v) is 15.2.